The van der Waals surface area contributed by atoms with Crippen molar-refractivity contribution in [2.45, 2.75) is 13.0 Å². The van der Waals surface area contributed by atoms with Gasteiger partial charge in [0.25, 0.3) is 0 Å². The lowest BCUT2D eigenvalue weighted by molar-refractivity contribution is -0.158. The van der Waals surface area contributed by atoms with E-state index in [0.717, 1.165) is 0 Å². The molecule has 5 nitrogen and oxygen atoms in total. The average molecular weight is 158 g/mol. The summed E-state index contributed by atoms with van der Waals surface area (Å²) in [6, 6.07) is -0.398. The van der Waals surface area contributed by atoms with Crippen molar-refractivity contribution in [3.63, 3.8) is 0 Å². The van der Waals surface area contributed by atoms with E-state index in [1.807, 2.05) is 0 Å². The number of β-lactam (4-membered cyclic amide) rings is 1. The molecular weight excluding hydrogens is 148 g/mol. The van der Waals surface area contributed by atoms with Crippen LogP contribution in [-0.4, -0.2) is 36.1 Å². The van der Waals surface area contributed by atoms with Gasteiger partial charge in [0.2, 0.25) is 5.91 Å². The minimum atomic E-state index is -0.398. The molecular formula is C6H10N2O3. The second kappa shape index (κ2) is 2.87. The average Bonchev–Trinajstić information content (AvgIpc) is 1.96. The highest BCUT2D eigenvalue weighted by atomic mass is 16.5. The van der Waals surface area contributed by atoms with E-state index in [1.54, 1.807) is 0 Å². The number of ether oxygens (including phenoxy) is 1. The molecule has 0 spiro atoms. The Morgan fingerprint density at radius 3 is 2.91 bits per heavy atom. The topological polar surface area (TPSA) is 72.6 Å². The highest BCUT2D eigenvalue weighted by Crippen LogP contribution is 2.06. The maximum Gasteiger partial charge on any atom is 0.304 e. The normalized spacial score (nSPS) is 22.9. The van der Waals surface area contributed by atoms with Gasteiger partial charge in [0.1, 0.15) is 6.04 Å². The Labute approximate surface area is 64.1 Å². The number of rotatable bonds is 2. The van der Waals surface area contributed by atoms with Crippen LogP contribution in [0.3, 0.4) is 0 Å². The zero-order valence-electron chi connectivity index (χ0n) is 6.24. The van der Waals surface area contributed by atoms with Crippen molar-refractivity contribution in [1.82, 2.24) is 4.90 Å². The molecule has 2 N–H and O–H groups in total. The van der Waals surface area contributed by atoms with E-state index in [-0.39, 0.29) is 12.6 Å². The molecule has 1 fully saturated rings. The van der Waals surface area contributed by atoms with E-state index in [9.17, 15) is 9.59 Å². The van der Waals surface area contributed by atoms with Crippen molar-refractivity contribution < 1.29 is 14.3 Å². The predicted molar refractivity (Wildman–Crippen MR) is 36.3 cm³/mol. The monoisotopic (exact) mass is 158 g/mol. The molecule has 11 heavy (non-hydrogen) atoms. The first kappa shape index (κ1) is 8.00. The van der Waals surface area contributed by atoms with Crippen LogP contribution in [0, 0.1) is 0 Å². The predicted octanol–water partition coefficient (Wildman–Crippen LogP) is -1.32. The van der Waals surface area contributed by atoms with E-state index < -0.39 is 12.0 Å². The van der Waals surface area contributed by atoms with Gasteiger partial charge in [0.15, 0.2) is 6.73 Å². The fraction of sp³-hybridized carbons (Fsp3) is 0.667. The Morgan fingerprint density at radius 1 is 1.91 bits per heavy atom. The summed E-state index contributed by atoms with van der Waals surface area (Å²) in [6.07, 6.45) is 0. The lowest BCUT2D eigenvalue weighted by Crippen LogP contribution is -2.61. The number of carbonyl (C=O) groups is 2. The molecule has 0 aromatic rings. The molecule has 0 aliphatic carbocycles. The van der Waals surface area contributed by atoms with Gasteiger partial charge >= 0.3 is 5.97 Å². The molecule has 0 saturated carbocycles. The maximum atomic E-state index is 10.8. The molecule has 1 aliphatic rings. The molecule has 1 amide bonds. The van der Waals surface area contributed by atoms with Crippen LogP contribution in [-0.2, 0) is 14.3 Å². The molecule has 0 aromatic heterocycles. The molecule has 1 rings (SSSR count). The summed E-state index contributed by atoms with van der Waals surface area (Å²) in [6.45, 7) is 1.80. The Balaban J connectivity index is 2.20. The Morgan fingerprint density at radius 2 is 2.55 bits per heavy atom. The molecule has 5 heteroatoms. The third-order valence-corrected chi connectivity index (χ3v) is 1.47. The van der Waals surface area contributed by atoms with Gasteiger partial charge < -0.3 is 15.4 Å². The second-order valence-electron chi connectivity index (χ2n) is 2.43. The van der Waals surface area contributed by atoms with Crippen LogP contribution in [0.4, 0.5) is 0 Å². The van der Waals surface area contributed by atoms with Crippen molar-refractivity contribution in [1.29, 1.82) is 0 Å². The number of nitrogens with zero attached hydrogens (tertiary/aromatic N) is 1. The molecule has 1 aliphatic heterocycles. The Kier molecular flexibility index (Phi) is 2.09. The third kappa shape index (κ3) is 1.68. The van der Waals surface area contributed by atoms with Crippen LogP contribution in [0.5, 0.6) is 0 Å². The van der Waals surface area contributed by atoms with E-state index in [0.29, 0.717) is 6.54 Å². The molecule has 1 saturated heterocycles. The first-order valence-electron chi connectivity index (χ1n) is 3.29. The lowest BCUT2D eigenvalue weighted by atomic mass is 10.1. The van der Waals surface area contributed by atoms with Gasteiger partial charge in [-0.15, -0.1) is 0 Å². The second-order valence-corrected chi connectivity index (χ2v) is 2.43. The van der Waals surface area contributed by atoms with Crippen molar-refractivity contribution in [2.75, 3.05) is 13.3 Å². The summed E-state index contributed by atoms with van der Waals surface area (Å²) >= 11 is 0. The highest BCUT2D eigenvalue weighted by Gasteiger charge is 2.33. The summed E-state index contributed by atoms with van der Waals surface area (Å²) < 4.78 is 4.58. The van der Waals surface area contributed by atoms with Gasteiger partial charge in [0.05, 0.1) is 0 Å². The third-order valence-electron chi connectivity index (χ3n) is 1.47. The van der Waals surface area contributed by atoms with Gasteiger partial charge in [-0.05, 0) is 0 Å². The van der Waals surface area contributed by atoms with E-state index in [2.05, 4.69) is 4.74 Å². The van der Waals surface area contributed by atoms with Crippen LogP contribution in [0.2, 0.25) is 0 Å². The molecule has 1 atom stereocenters. The summed E-state index contributed by atoms with van der Waals surface area (Å²) in [7, 11) is 0. The Bertz CT molecular complexity index is 192. The zero-order chi connectivity index (χ0) is 8.43. The number of likely N-dealkylation sites (tertiary alicyclic amines) is 1. The van der Waals surface area contributed by atoms with Gasteiger partial charge in [-0.3, -0.25) is 9.59 Å². The number of esters is 1. The van der Waals surface area contributed by atoms with Crippen LogP contribution >= 0.6 is 0 Å². The van der Waals surface area contributed by atoms with Crippen molar-refractivity contribution >= 4 is 11.9 Å². The first-order chi connectivity index (χ1) is 5.11. The van der Waals surface area contributed by atoms with Crippen LogP contribution in [0.1, 0.15) is 6.92 Å². The molecule has 1 unspecified atom stereocenters. The number of hydrogen-bond acceptors (Lipinski definition) is 4. The number of carbonyl (C=O) groups excluding carboxylic acids is 2. The van der Waals surface area contributed by atoms with Crippen molar-refractivity contribution in [2.24, 2.45) is 5.73 Å². The summed E-state index contributed by atoms with van der Waals surface area (Å²) in [5.41, 5.74) is 5.29. The lowest BCUT2D eigenvalue weighted by Gasteiger charge is -2.34. The standard InChI is InChI=1S/C6H10N2O3/c1-4(9)11-3-8-2-5(7)6(8)10/h5H,2-3,7H2,1H3. The summed E-state index contributed by atoms with van der Waals surface area (Å²) in [5, 5.41) is 0. The van der Waals surface area contributed by atoms with Crippen LogP contribution in [0.15, 0.2) is 0 Å². The van der Waals surface area contributed by atoms with Gasteiger partial charge in [-0.2, -0.15) is 0 Å². The summed E-state index contributed by atoms with van der Waals surface area (Å²) in [4.78, 5) is 22.4. The number of amides is 1. The minimum Gasteiger partial charge on any atom is -0.444 e. The van der Waals surface area contributed by atoms with Crippen molar-refractivity contribution in [3.05, 3.63) is 0 Å². The molecule has 0 bridgehead atoms. The zero-order valence-corrected chi connectivity index (χ0v) is 6.24. The smallest absolute Gasteiger partial charge is 0.304 e. The Hall–Kier alpha value is -1.10. The minimum absolute atomic E-state index is 0.0296. The molecule has 1 heterocycles. The van der Waals surface area contributed by atoms with Gasteiger partial charge in [0, 0.05) is 13.5 Å². The van der Waals surface area contributed by atoms with Gasteiger partial charge in [-0.1, -0.05) is 0 Å². The highest BCUT2D eigenvalue weighted by molar-refractivity contribution is 5.87. The van der Waals surface area contributed by atoms with E-state index in [4.69, 9.17) is 5.73 Å². The van der Waals surface area contributed by atoms with E-state index >= 15 is 0 Å². The SMILES string of the molecule is CC(=O)OCN1CC(N)C1=O. The first-order valence-corrected chi connectivity index (χ1v) is 3.29. The van der Waals surface area contributed by atoms with Crippen LogP contribution in [0.25, 0.3) is 0 Å². The quantitative estimate of drug-likeness (QED) is 0.399. The molecule has 0 aromatic carbocycles. The van der Waals surface area contributed by atoms with Gasteiger partial charge in [-0.25, -0.2) is 0 Å². The van der Waals surface area contributed by atoms with E-state index in [1.165, 1.54) is 11.8 Å². The fourth-order valence-corrected chi connectivity index (χ4v) is 0.813. The summed E-state index contributed by atoms with van der Waals surface area (Å²) in [5.74, 6) is -0.551. The van der Waals surface area contributed by atoms with Crippen molar-refractivity contribution in [3.8, 4) is 0 Å². The number of nitrogens with two attached hydrogens (primary N) is 1. The molecule has 0 radical (unpaired) electrons. The maximum absolute atomic E-state index is 10.8. The molecule has 62 valence electrons. The fourth-order valence-electron chi connectivity index (χ4n) is 0.813. The number of hydrogen-bond donors (Lipinski definition) is 1. The largest absolute Gasteiger partial charge is 0.444 e. The van der Waals surface area contributed by atoms with Crippen LogP contribution < -0.4 is 5.73 Å².